The van der Waals surface area contributed by atoms with Crippen molar-refractivity contribution in [3.05, 3.63) is 24.4 Å². The molecule has 184 valence electrons. The summed E-state index contributed by atoms with van der Waals surface area (Å²) in [6.45, 7) is 2.33. The van der Waals surface area contributed by atoms with Crippen LogP contribution in [0.15, 0.2) is 34.5 Å². The third-order valence-corrected chi connectivity index (χ3v) is 7.66. The van der Waals surface area contributed by atoms with Gasteiger partial charge in [0.05, 0.1) is 6.61 Å². The minimum atomic E-state index is -5.78. The first-order valence-corrected chi connectivity index (χ1v) is 12.8. The fraction of sp³-hybridized carbons (Fsp3) is 0.417. The minimum Gasteiger partial charge on any atom is -0.387 e. The third-order valence-electron chi connectivity index (χ3n) is 3.86. The molecule has 0 aromatic rings. The average molecular weight is 533 g/mol. The van der Waals surface area contributed by atoms with Crippen LogP contribution < -0.4 is 5.73 Å². The number of phosphoric ester groups is 1. The molecule has 0 spiro atoms. The predicted octanol–water partition coefficient (Wildman–Crippen LogP) is -1.64. The molecule has 2 aliphatic heterocycles. The van der Waals surface area contributed by atoms with Gasteiger partial charge in [-0.3, -0.25) is 4.52 Å². The number of rotatable bonds is 9. The van der Waals surface area contributed by atoms with E-state index in [4.69, 9.17) is 25.2 Å². The van der Waals surface area contributed by atoms with Crippen LogP contribution in [-0.4, -0.2) is 77.6 Å². The molecule has 2 aliphatic rings. The molecule has 2 unspecified atom stereocenters. The van der Waals surface area contributed by atoms with E-state index >= 15 is 0 Å². The summed E-state index contributed by atoms with van der Waals surface area (Å²) < 4.78 is 50.7. The molecule has 0 aromatic heterocycles. The summed E-state index contributed by atoms with van der Waals surface area (Å²) in [5.41, 5.74) is 3.22. The second-order valence-corrected chi connectivity index (χ2v) is 10.6. The molecule has 0 saturated carbocycles. The summed E-state index contributed by atoms with van der Waals surface area (Å²) >= 11 is 0. The number of hydrogen-bond acceptors (Lipinski definition) is 14. The lowest BCUT2D eigenvalue weighted by atomic mass is 10.0. The quantitative estimate of drug-likeness (QED) is 0.163. The van der Waals surface area contributed by atoms with Crippen LogP contribution in [0.2, 0.25) is 0 Å². The number of allylic oxidation sites excluding steroid dienone is 2. The smallest absolute Gasteiger partial charge is 0.387 e. The minimum absolute atomic E-state index is 0.0613. The number of nitrogens with two attached hydrogens (primary N) is 1. The van der Waals surface area contributed by atoms with Gasteiger partial charge in [0.1, 0.15) is 36.4 Å². The van der Waals surface area contributed by atoms with E-state index < -0.39 is 54.1 Å². The van der Waals surface area contributed by atoms with Gasteiger partial charge >= 0.3 is 23.5 Å². The second-order valence-electron chi connectivity index (χ2n) is 6.13. The number of hydrogen-bond donors (Lipinski definition) is 7. The van der Waals surface area contributed by atoms with E-state index in [0.717, 1.165) is 11.3 Å². The Kier molecular flexibility index (Phi) is 8.17. The van der Waals surface area contributed by atoms with Crippen molar-refractivity contribution in [2.24, 2.45) is 15.8 Å². The maximum atomic E-state index is 11.9. The van der Waals surface area contributed by atoms with Crippen LogP contribution in [0, 0.1) is 11.3 Å². The number of amidine groups is 1. The van der Waals surface area contributed by atoms with Crippen LogP contribution >= 0.6 is 23.5 Å². The standard InChI is InChI=1S/C12H18N5O13P3/c1-2-3-7-11(14)15-6-16-17(7)12(5-13)10(19)9(18)8(28-12)4-27-32(23,24)30-33(25,26)29-31(20,21)22/h2-3,6,8-10,18-19H,1,4H2,(H,23,24)(H,25,26)(H2,14,15,16)(H2,20,21,22)/b7-3-/t8-,9-,10-,12-/m1/s1. The molecule has 1 fully saturated rings. The van der Waals surface area contributed by atoms with Gasteiger partial charge in [-0.25, -0.2) is 23.7 Å². The molecule has 0 aromatic carbocycles. The lowest BCUT2D eigenvalue weighted by Gasteiger charge is -2.36. The molecule has 33 heavy (non-hydrogen) atoms. The van der Waals surface area contributed by atoms with Gasteiger partial charge in [0, 0.05) is 0 Å². The number of aliphatic hydroxyl groups excluding tert-OH is 2. The maximum Gasteiger partial charge on any atom is 0.490 e. The topological polar surface area (TPSA) is 287 Å². The molecule has 2 rings (SSSR count). The van der Waals surface area contributed by atoms with Gasteiger partial charge in [-0.2, -0.15) is 19.0 Å². The van der Waals surface area contributed by atoms with Gasteiger partial charge in [0.25, 0.3) is 5.72 Å². The van der Waals surface area contributed by atoms with Crippen molar-refractivity contribution in [3.8, 4) is 6.07 Å². The van der Waals surface area contributed by atoms with Crippen LogP contribution in [0.1, 0.15) is 0 Å². The Bertz CT molecular complexity index is 1070. The van der Waals surface area contributed by atoms with Gasteiger partial charge in [0.15, 0.2) is 5.84 Å². The first-order valence-electron chi connectivity index (χ1n) is 8.30. The molecule has 8 N–H and O–H groups in total. The number of ether oxygens (including phenoxy) is 1. The van der Waals surface area contributed by atoms with Crippen LogP contribution in [0.4, 0.5) is 0 Å². The highest BCUT2D eigenvalue weighted by atomic mass is 31.3. The average Bonchev–Trinajstić information content (AvgIpc) is 2.91. The SMILES string of the molecule is C=C/C=C1/C(N)=NC=NN1[C@]1(C#N)O[C@H](COP(=O)(O)OP(=O)(O)OP(=O)(O)O)[C@@H](O)[C@H]1O. The summed E-state index contributed by atoms with van der Waals surface area (Å²) in [6, 6.07) is 1.61. The molecule has 2 heterocycles. The Morgan fingerprint density at radius 2 is 1.91 bits per heavy atom. The first kappa shape index (κ1) is 27.4. The summed E-state index contributed by atoms with van der Waals surface area (Å²) in [5, 5.41) is 35.1. The van der Waals surface area contributed by atoms with Crippen molar-refractivity contribution in [3.63, 3.8) is 0 Å². The molecule has 21 heteroatoms. The third kappa shape index (κ3) is 6.41. The summed E-state index contributed by atoms with van der Waals surface area (Å²) in [5.74, 6) is -0.165. The molecule has 0 bridgehead atoms. The first-order chi connectivity index (χ1) is 15.1. The molecular weight excluding hydrogens is 515 g/mol. The van der Waals surface area contributed by atoms with Crippen molar-refractivity contribution in [2.75, 3.05) is 6.61 Å². The molecule has 0 aliphatic carbocycles. The summed E-state index contributed by atoms with van der Waals surface area (Å²) in [7, 11) is -16.9. The number of hydrazone groups is 1. The number of nitriles is 1. The highest BCUT2D eigenvalue weighted by Crippen LogP contribution is 2.66. The fourth-order valence-corrected chi connectivity index (χ4v) is 5.66. The van der Waals surface area contributed by atoms with E-state index in [1.54, 1.807) is 6.07 Å². The van der Waals surface area contributed by atoms with Crippen LogP contribution in [0.5, 0.6) is 0 Å². The van der Waals surface area contributed by atoms with E-state index in [2.05, 4.69) is 29.8 Å². The van der Waals surface area contributed by atoms with Gasteiger partial charge in [-0.15, -0.1) is 0 Å². The molecule has 1 saturated heterocycles. The van der Waals surface area contributed by atoms with Crippen LogP contribution in [0.3, 0.4) is 0 Å². The number of phosphoric acid groups is 3. The Morgan fingerprint density at radius 3 is 2.45 bits per heavy atom. The Hall–Kier alpha value is -1.80. The normalized spacial score (nSPS) is 32.6. The lowest BCUT2D eigenvalue weighted by Crippen LogP contribution is -2.55. The zero-order valence-electron chi connectivity index (χ0n) is 16.1. The molecule has 6 atom stereocenters. The maximum absolute atomic E-state index is 11.9. The van der Waals surface area contributed by atoms with Crippen LogP contribution in [-0.2, 0) is 31.6 Å². The van der Waals surface area contributed by atoms with E-state index in [0.29, 0.717) is 0 Å². The van der Waals surface area contributed by atoms with E-state index in [-0.39, 0.29) is 11.5 Å². The Labute approximate surface area is 184 Å². The van der Waals surface area contributed by atoms with Crippen molar-refractivity contribution in [1.82, 2.24) is 5.01 Å². The molecule has 18 nitrogen and oxygen atoms in total. The highest BCUT2D eigenvalue weighted by molar-refractivity contribution is 7.66. The molecular formula is C12H18N5O13P3. The zero-order valence-corrected chi connectivity index (χ0v) is 18.8. The Balaban J connectivity index is 2.21. The Morgan fingerprint density at radius 1 is 1.27 bits per heavy atom. The summed E-state index contributed by atoms with van der Waals surface area (Å²) in [6.07, 6.45) is -2.29. The fourth-order valence-electron chi connectivity index (χ4n) is 2.63. The van der Waals surface area contributed by atoms with Crippen molar-refractivity contribution in [1.29, 1.82) is 5.26 Å². The molecule has 0 radical (unpaired) electrons. The number of nitrogens with zero attached hydrogens (tertiary/aromatic N) is 4. The summed E-state index contributed by atoms with van der Waals surface area (Å²) in [4.78, 5) is 39.4. The van der Waals surface area contributed by atoms with E-state index in [1.165, 1.54) is 12.2 Å². The van der Waals surface area contributed by atoms with Crippen molar-refractivity contribution >= 4 is 35.6 Å². The van der Waals surface area contributed by atoms with E-state index in [9.17, 15) is 34.1 Å². The van der Waals surface area contributed by atoms with Gasteiger partial charge in [0.2, 0.25) is 0 Å². The monoisotopic (exact) mass is 533 g/mol. The van der Waals surface area contributed by atoms with Crippen molar-refractivity contribution in [2.45, 2.75) is 24.0 Å². The molecule has 0 amide bonds. The highest BCUT2D eigenvalue weighted by Gasteiger charge is 2.60. The van der Waals surface area contributed by atoms with Crippen molar-refractivity contribution < 1.29 is 61.4 Å². The van der Waals surface area contributed by atoms with Gasteiger partial charge in [-0.1, -0.05) is 12.7 Å². The second kappa shape index (κ2) is 9.82. The van der Waals surface area contributed by atoms with Crippen LogP contribution in [0.25, 0.3) is 0 Å². The van der Waals surface area contributed by atoms with Gasteiger partial charge in [-0.05, 0) is 6.08 Å². The lowest BCUT2D eigenvalue weighted by molar-refractivity contribution is -0.134. The zero-order chi connectivity index (χ0) is 25.2. The van der Waals surface area contributed by atoms with E-state index in [1.807, 2.05) is 0 Å². The number of aliphatic hydroxyl groups is 2. The largest absolute Gasteiger partial charge is 0.490 e. The number of aliphatic imine (C=N–C) groups is 1. The van der Waals surface area contributed by atoms with Gasteiger partial charge < -0.3 is 40.3 Å². The predicted molar refractivity (Wildman–Crippen MR) is 105 cm³/mol.